The van der Waals surface area contributed by atoms with Gasteiger partial charge in [0.05, 0.1) is 10.6 Å². The average Bonchev–Trinajstić information content (AvgIpc) is 2.79. The van der Waals surface area contributed by atoms with Gasteiger partial charge in [-0.3, -0.25) is 4.79 Å². The molecule has 3 amide bonds. The van der Waals surface area contributed by atoms with Crippen molar-refractivity contribution in [1.29, 1.82) is 0 Å². The zero-order chi connectivity index (χ0) is 26.3. The molecular formula is C22H21ClF3N7O2S. The monoisotopic (exact) mass is 539 g/mol. The van der Waals surface area contributed by atoms with Crippen molar-refractivity contribution in [1.82, 2.24) is 25.2 Å². The number of nitrogens with one attached hydrogen (secondary N) is 3. The zero-order valence-corrected chi connectivity index (χ0v) is 20.6. The summed E-state index contributed by atoms with van der Waals surface area (Å²) in [6.07, 6.45) is -3.42. The summed E-state index contributed by atoms with van der Waals surface area (Å²) in [7, 11) is 3.77. The van der Waals surface area contributed by atoms with E-state index in [0.29, 0.717) is 23.7 Å². The average molecular weight is 540 g/mol. The highest BCUT2D eigenvalue weighted by Crippen LogP contribution is 2.36. The Balaban J connectivity index is 1.63. The van der Waals surface area contributed by atoms with Crippen LogP contribution in [0.25, 0.3) is 0 Å². The molecule has 0 aliphatic heterocycles. The lowest BCUT2D eigenvalue weighted by atomic mass is 10.2. The van der Waals surface area contributed by atoms with Crippen molar-refractivity contribution in [2.75, 3.05) is 37.8 Å². The molecule has 0 saturated carbocycles. The topological polar surface area (TPSA) is 112 Å². The molecule has 0 aliphatic carbocycles. The number of alkyl halides is 3. The summed E-state index contributed by atoms with van der Waals surface area (Å²) in [5.41, 5.74) is -0.752. The summed E-state index contributed by atoms with van der Waals surface area (Å²) in [6, 6.07) is 8.95. The first-order valence-corrected chi connectivity index (χ1v) is 11.6. The van der Waals surface area contributed by atoms with Crippen LogP contribution in [0.1, 0.15) is 16.2 Å². The third kappa shape index (κ3) is 8.07. The summed E-state index contributed by atoms with van der Waals surface area (Å²) < 4.78 is 39.1. The second-order valence-electron chi connectivity index (χ2n) is 7.55. The highest BCUT2D eigenvalue weighted by Gasteiger charge is 2.33. The number of anilines is 2. The largest absolute Gasteiger partial charge is 0.417 e. The fourth-order valence-corrected chi connectivity index (χ4v) is 3.77. The minimum Gasteiger partial charge on any atom is -0.348 e. The Morgan fingerprint density at radius 3 is 2.47 bits per heavy atom. The number of rotatable bonds is 8. The van der Waals surface area contributed by atoms with Gasteiger partial charge in [-0.15, -0.1) is 0 Å². The fourth-order valence-electron chi connectivity index (χ4n) is 2.77. The normalized spacial score (nSPS) is 11.3. The molecule has 14 heteroatoms. The van der Waals surface area contributed by atoms with Crippen molar-refractivity contribution in [3.05, 3.63) is 65.2 Å². The molecule has 2 aromatic carbocycles. The Morgan fingerprint density at radius 2 is 1.78 bits per heavy atom. The van der Waals surface area contributed by atoms with Gasteiger partial charge in [-0.25, -0.2) is 14.8 Å². The van der Waals surface area contributed by atoms with Gasteiger partial charge in [0.2, 0.25) is 5.82 Å². The third-order valence-electron chi connectivity index (χ3n) is 4.43. The van der Waals surface area contributed by atoms with Gasteiger partial charge in [0.25, 0.3) is 5.91 Å². The van der Waals surface area contributed by atoms with E-state index in [4.69, 9.17) is 11.6 Å². The molecule has 1 aromatic heterocycles. The van der Waals surface area contributed by atoms with Crippen molar-refractivity contribution in [3.8, 4) is 0 Å². The summed E-state index contributed by atoms with van der Waals surface area (Å²) in [4.78, 5) is 39.2. The van der Waals surface area contributed by atoms with E-state index >= 15 is 0 Å². The number of likely N-dealkylation sites (N-methyl/N-ethyl adjacent to an activating group) is 1. The number of hydrogen-bond acceptors (Lipinski definition) is 7. The zero-order valence-electron chi connectivity index (χ0n) is 19.1. The number of carbonyl (C=O) groups excluding carboxylic acids is 2. The van der Waals surface area contributed by atoms with Gasteiger partial charge in [0.15, 0.2) is 5.16 Å². The van der Waals surface area contributed by atoms with Crippen LogP contribution in [0.5, 0.6) is 0 Å². The molecule has 0 unspecified atom stereocenters. The first-order valence-electron chi connectivity index (χ1n) is 10.4. The van der Waals surface area contributed by atoms with E-state index in [1.54, 1.807) is 24.3 Å². The lowest BCUT2D eigenvalue weighted by Crippen LogP contribution is -2.32. The van der Waals surface area contributed by atoms with Gasteiger partial charge in [-0.2, -0.15) is 18.2 Å². The Labute approximate surface area is 213 Å². The number of urea groups is 1. The molecule has 36 heavy (non-hydrogen) atoms. The second kappa shape index (κ2) is 12.0. The molecule has 0 bridgehead atoms. The molecular weight excluding hydrogens is 519 g/mol. The van der Waals surface area contributed by atoms with E-state index in [9.17, 15) is 22.8 Å². The number of aromatic nitrogens is 3. The van der Waals surface area contributed by atoms with Crippen LogP contribution in [0, 0.1) is 0 Å². The van der Waals surface area contributed by atoms with Gasteiger partial charge in [0, 0.05) is 29.4 Å². The number of nitrogens with zero attached hydrogens (tertiary/aromatic N) is 4. The van der Waals surface area contributed by atoms with Crippen LogP contribution in [0.4, 0.5) is 29.3 Å². The summed E-state index contributed by atoms with van der Waals surface area (Å²) >= 11 is 6.74. The van der Waals surface area contributed by atoms with E-state index in [-0.39, 0.29) is 16.7 Å². The van der Waals surface area contributed by atoms with Crippen LogP contribution in [-0.4, -0.2) is 59.0 Å². The Bertz CT molecular complexity index is 1240. The number of benzene rings is 2. The molecule has 1 heterocycles. The summed E-state index contributed by atoms with van der Waals surface area (Å²) in [6.45, 7) is 1.09. The van der Waals surface area contributed by atoms with Crippen LogP contribution in [0.2, 0.25) is 5.02 Å². The lowest BCUT2D eigenvalue weighted by molar-refractivity contribution is -0.137. The van der Waals surface area contributed by atoms with E-state index in [0.717, 1.165) is 23.9 Å². The molecule has 0 saturated heterocycles. The van der Waals surface area contributed by atoms with Crippen LogP contribution >= 0.6 is 23.4 Å². The van der Waals surface area contributed by atoms with E-state index in [2.05, 4.69) is 30.9 Å². The van der Waals surface area contributed by atoms with Crippen molar-refractivity contribution in [2.24, 2.45) is 0 Å². The fraction of sp³-hybridized carbons (Fsp3) is 0.227. The van der Waals surface area contributed by atoms with Crippen LogP contribution in [-0.2, 0) is 6.18 Å². The van der Waals surface area contributed by atoms with Crippen LogP contribution in [0.3, 0.4) is 0 Å². The Hall–Kier alpha value is -3.42. The minimum atomic E-state index is -4.65. The van der Waals surface area contributed by atoms with Crippen molar-refractivity contribution in [3.63, 3.8) is 0 Å². The smallest absolute Gasteiger partial charge is 0.348 e. The maximum absolute atomic E-state index is 13.0. The highest BCUT2D eigenvalue weighted by atomic mass is 35.5. The van der Waals surface area contributed by atoms with E-state index in [1.807, 2.05) is 19.0 Å². The van der Waals surface area contributed by atoms with E-state index < -0.39 is 28.7 Å². The van der Waals surface area contributed by atoms with Crippen LogP contribution < -0.4 is 16.0 Å². The van der Waals surface area contributed by atoms with Gasteiger partial charge in [0.1, 0.15) is 6.33 Å². The van der Waals surface area contributed by atoms with Gasteiger partial charge >= 0.3 is 12.2 Å². The maximum Gasteiger partial charge on any atom is 0.417 e. The Kier molecular flexibility index (Phi) is 9.07. The van der Waals surface area contributed by atoms with Crippen LogP contribution in [0.15, 0.2) is 58.8 Å². The maximum atomic E-state index is 13.0. The molecule has 0 aliphatic rings. The molecule has 0 radical (unpaired) electrons. The predicted molar refractivity (Wildman–Crippen MR) is 130 cm³/mol. The van der Waals surface area contributed by atoms with Gasteiger partial charge < -0.3 is 20.9 Å². The summed E-state index contributed by atoms with van der Waals surface area (Å²) in [5, 5.41) is 7.42. The number of halogens is 4. The molecule has 0 spiro atoms. The van der Waals surface area contributed by atoms with Gasteiger partial charge in [-0.05, 0) is 62.3 Å². The molecule has 0 atom stereocenters. The predicted octanol–water partition coefficient (Wildman–Crippen LogP) is 4.63. The standard InChI is InChI=1S/C22H21ClF3N7O2S/c1-33(2)9-8-27-19(34)18-28-12-29-21(32-18)36-15-5-3-4-13(10-15)30-20(35)31-14-6-7-17(23)16(11-14)22(24,25)26/h3-7,10-12H,8-9H2,1-2H3,(H,27,34)(H2,30,31,35). The molecule has 9 nitrogen and oxygen atoms in total. The second-order valence-corrected chi connectivity index (χ2v) is 9.00. The number of amides is 3. The molecule has 3 rings (SSSR count). The van der Waals surface area contributed by atoms with Gasteiger partial charge in [-0.1, -0.05) is 17.7 Å². The molecule has 0 fully saturated rings. The molecule has 3 N–H and O–H groups in total. The molecule has 190 valence electrons. The van der Waals surface area contributed by atoms with Crippen molar-refractivity contribution in [2.45, 2.75) is 16.2 Å². The van der Waals surface area contributed by atoms with Crippen molar-refractivity contribution < 1.29 is 22.8 Å². The summed E-state index contributed by atoms with van der Waals surface area (Å²) in [5.74, 6) is -0.454. The number of carbonyl (C=O) groups is 2. The molecule has 3 aromatic rings. The first kappa shape index (κ1) is 27.2. The SMILES string of the molecule is CN(C)CCNC(=O)c1ncnc(Sc2cccc(NC(=O)Nc3ccc(Cl)c(C(F)(F)F)c3)c2)n1. The third-order valence-corrected chi connectivity index (χ3v) is 5.63. The lowest BCUT2D eigenvalue weighted by Gasteiger charge is -2.12. The minimum absolute atomic E-state index is 0.0268. The highest BCUT2D eigenvalue weighted by molar-refractivity contribution is 7.99. The Morgan fingerprint density at radius 1 is 1.06 bits per heavy atom. The first-order chi connectivity index (χ1) is 17.0. The van der Waals surface area contributed by atoms with E-state index in [1.165, 1.54) is 12.4 Å². The van der Waals surface area contributed by atoms with Crippen molar-refractivity contribution >= 4 is 46.7 Å². The quantitative estimate of drug-likeness (QED) is 0.382. The number of hydrogen-bond donors (Lipinski definition) is 3.